The Bertz CT molecular complexity index is 381. The Kier molecular flexibility index (Phi) is 5.12. The summed E-state index contributed by atoms with van der Waals surface area (Å²) in [7, 11) is 0. The van der Waals surface area contributed by atoms with Crippen LogP contribution in [0.5, 0.6) is 0 Å². The molecule has 0 amide bonds. The third-order valence-electron chi connectivity index (χ3n) is 5.84. The first-order chi connectivity index (χ1) is 9.48. The quantitative estimate of drug-likeness (QED) is 0.691. The number of aliphatic hydroxyl groups excluding tert-OH is 1. The van der Waals surface area contributed by atoms with Crippen molar-refractivity contribution < 1.29 is 5.11 Å². The number of fused-ring (bicyclic) bond motifs is 1. The van der Waals surface area contributed by atoms with Crippen LogP contribution in [0.1, 0.15) is 65.7 Å². The number of hydrogen-bond donors (Lipinski definition) is 1. The highest BCUT2D eigenvalue weighted by molar-refractivity contribution is 5.23. The Balaban J connectivity index is 2.12. The molecule has 20 heavy (non-hydrogen) atoms. The third kappa shape index (κ3) is 3.19. The summed E-state index contributed by atoms with van der Waals surface area (Å²) < 4.78 is 0. The van der Waals surface area contributed by atoms with Crippen molar-refractivity contribution in [3.8, 4) is 0 Å². The maximum atomic E-state index is 9.78. The summed E-state index contributed by atoms with van der Waals surface area (Å²) in [5, 5.41) is 9.78. The van der Waals surface area contributed by atoms with Crippen molar-refractivity contribution in [2.24, 2.45) is 23.2 Å². The van der Waals surface area contributed by atoms with Crippen molar-refractivity contribution in [2.75, 3.05) is 6.61 Å². The Morgan fingerprint density at radius 2 is 2.25 bits per heavy atom. The van der Waals surface area contributed by atoms with Crippen LogP contribution in [0.2, 0.25) is 0 Å². The molecule has 2 rings (SSSR count). The lowest BCUT2D eigenvalue weighted by Gasteiger charge is -2.48. The van der Waals surface area contributed by atoms with Gasteiger partial charge in [0, 0.05) is 6.61 Å². The largest absolute Gasteiger partial charge is 0.396 e. The average Bonchev–Trinajstić information content (AvgIpc) is 2.38. The molecule has 2 aliphatic rings. The van der Waals surface area contributed by atoms with Crippen molar-refractivity contribution >= 4 is 0 Å². The van der Waals surface area contributed by atoms with Crippen LogP contribution in [0, 0.1) is 23.2 Å². The van der Waals surface area contributed by atoms with E-state index >= 15 is 0 Å². The van der Waals surface area contributed by atoms with E-state index in [2.05, 4.69) is 33.4 Å². The van der Waals surface area contributed by atoms with Gasteiger partial charge in [0.25, 0.3) is 0 Å². The minimum Gasteiger partial charge on any atom is -0.396 e. The van der Waals surface area contributed by atoms with Crippen molar-refractivity contribution in [3.63, 3.8) is 0 Å². The van der Waals surface area contributed by atoms with E-state index in [9.17, 15) is 5.11 Å². The van der Waals surface area contributed by atoms with Gasteiger partial charge in [-0.2, -0.15) is 0 Å². The van der Waals surface area contributed by atoms with Gasteiger partial charge in [-0.15, -0.1) is 6.58 Å². The van der Waals surface area contributed by atoms with Crippen LogP contribution >= 0.6 is 0 Å². The lowest BCUT2D eigenvalue weighted by molar-refractivity contribution is 0.0911. The van der Waals surface area contributed by atoms with Crippen LogP contribution in [0.25, 0.3) is 0 Å². The van der Waals surface area contributed by atoms with E-state index in [0.717, 1.165) is 12.8 Å². The molecule has 0 saturated heterocycles. The zero-order valence-electron chi connectivity index (χ0n) is 13.6. The molecule has 0 aromatic carbocycles. The first-order valence-corrected chi connectivity index (χ1v) is 8.43. The topological polar surface area (TPSA) is 20.2 Å². The summed E-state index contributed by atoms with van der Waals surface area (Å²) in [6.45, 7) is 11.3. The van der Waals surface area contributed by atoms with Gasteiger partial charge >= 0.3 is 0 Å². The molecular formula is C19H32O. The van der Waals surface area contributed by atoms with E-state index in [0.29, 0.717) is 29.8 Å². The number of hydrogen-bond acceptors (Lipinski definition) is 1. The molecule has 0 heterocycles. The van der Waals surface area contributed by atoms with E-state index in [4.69, 9.17) is 0 Å². The van der Waals surface area contributed by atoms with E-state index in [1.54, 1.807) is 5.57 Å². The highest BCUT2D eigenvalue weighted by Gasteiger charge is 2.42. The Morgan fingerprint density at radius 3 is 2.90 bits per heavy atom. The van der Waals surface area contributed by atoms with Gasteiger partial charge in [0.05, 0.1) is 0 Å². The van der Waals surface area contributed by atoms with Gasteiger partial charge in [0.2, 0.25) is 0 Å². The van der Waals surface area contributed by atoms with Gasteiger partial charge in [0.1, 0.15) is 0 Å². The molecule has 1 saturated carbocycles. The zero-order valence-corrected chi connectivity index (χ0v) is 13.6. The molecule has 0 aromatic rings. The molecule has 114 valence electrons. The van der Waals surface area contributed by atoms with E-state index in [1.165, 1.54) is 37.7 Å². The SMILES string of the molecule is C=C(C)CCC[C@]1(C)CCC[C@@H]2C1=CC[C@@H](C)[C@@H]2CO. The lowest BCUT2D eigenvalue weighted by atomic mass is 9.57. The summed E-state index contributed by atoms with van der Waals surface area (Å²) >= 11 is 0. The Morgan fingerprint density at radius 1 is 1.50 bits per heavy atom. The van der Waals surface area contributed by atoms with Crippen molar-refractivity contribution in [1.82, 2.24) is 0 Å². The molecule has 1 nitrogen and oxygen atoms in total. The Labute approximate surface area is 125 Å². The van der Waals surface area contributed by atoms with Crippen molar-refractivity contribution in [3.05, 3.63) is 23.8 Å². The molecule has 1 fully saturated rings. The van der Waals surface area contributed by atoms with Crippen LogP contribution in [0.15, 0.2) is 23.8 Å². The minimum absolute atomic E-state index is 0.366. The van der Waals surface area contributed by atoms with Crippen LogP contribution in [-0.2, 0) is 0 Å². The van der Waals surface area contributed by atoms with Crippen molar-refractivity contribution in [1.29, 1.82) is 0 Å². The minimum atomic E-state index is 0.366. The second kappa shape index (κ2) is 6.47. The molecule has 2 aliphatic carbocycles. The maximum Gasteiger partial charge on any atom is 0.0467 e. The van der Waals surface area contributed by atoms with Crippen LogP contribution < -0.4 is 0 Å². The first kappa shape index (κ1) is 15.8. The number of aliphatic hydroxyl groups is 1. The maximum absolute atomic E-state index is 9.78. The molecule has 0 bridgehead atoms. The van der Waals surface area contributed by atoms with Gasteiger partial charge in [-0.25, -0.2) is 0 Å². The van der Waals surface area contributed by atoms with E-state index in [1.807, 2.05) is 0 Å². The van der Waals surface area contributed by atoms with Crippen LogP contribution in [-0.4, -0.2) is 11.7 Å². The lowest BCUT2D eigenvalue weighted by Crippen LogP contribution is -2.39. The highest BCUT2D eigenvalue weighted by Crippen LogP contribution is 2.53. The third-order valence-corrected chi connectivity index (χ3v) is 5.84. The van der Waals surface area contributed by atoms with Crippen LogP contribution in [0.4, 0.5) is 0 Å². The van der Waals surface area contributed by atoms with Gasteiger partial charge in [-0.1, -0.05) is 37.5 Å². The fourth-order valence-corrected chi connectivity index (χ4v) is 4.54. The molecule has 1 N–H and O–H groups in total. The second-order valence-corrected chi connectivity index (χ2v) is 7.59. The van der Waals surface area contributed by atoms with Gasteiger partial charge in [-0.05, 0) is 68.6 Å². The molecule has 0 spiro atoms. The monoisotopic (exact) mass is 276 g/mol. The van der Waals surface area contributed by atoms with Crippen molar-refractivity contribution in [2.45, 2.75) is 65.7 Å². The van der Waals surface area contributed by atoms with Gasteiger partial charge < -0.3 is 5.11 Å². The highest BCUT2D eigenvalue weighted by atomic mass is 16.3. The normalized spacial score (nSPS) is 37.2. The van der Waals surface area contributed by atoms with E-state index in [-0.39, 0.29) is 0 Å². The summed E-state index contributed by atoms with van der Waals surface area (Å²) in [5.74, 6) is 1.79. The predicted molar refractivity (Wildman–Crippen MR) is 86.6 cm³/mol. The molecule has 0 aliphatic heterocycles. The molecule has 0 aromatic heterocycles. The fourth-order valence-electron chi connectivity index (χ4n) is 4.54. The number of allylic oxidation sites excluding steroid dienone is 3. The van der Waals surface area contributed by atoms with E-state index < -0.39 is 0 Å². The predicted octanol–water partition coefficient (Wildman–Crippen LogP) is 5.11. The molecule has 0 unspecified atom stereocenters. The fraction of sp³-hybridized carbons (Fsp3) is 0.789. The average molecular weight is 276 g/mol. The summed E-state index contributed by atoms with van der Waals surface area (Å²) in [4.78, 5) is 0. The molecule has 0 radical (unpaired) electrons. The first-order valence-electron chi connectivity index (χ1n) is 8.43. The molecule has 1 heteroatoms. The zero-order chi connectivity index (χ0) is 14.8. The second-order valence-electron chi connectivity index (χ2n) is 7.59. The smallest absolute Gasteiger partial charge is 0.0467 e. The summed E-state index contributed by atoms with van der Waals surface area (Å²) in [5.41, 5.74) is 3.37. The summed E-state index contributed by atoms with van der Waals surface area (Å²) in [6, 6.07) is 0. The molecular weight excluding hydrogens is 244 g/mol. The summed E-state index contributed by atoms with van der Waals surface area (Å²) in [6.07, 6.45) is 11.3. The Hall–Kier alpha value is -0.560. The van der Waals surface area contributed by atoms with Gasteiger partial charge in [-0.3, -0.25) is 0 Å². The van der Waals surface area contributed by atoms with Crippen LogP contribution in [0.3, 0.4) is 0 Å². The van der Waals surface area contributed by atoms with Gasteiger partial charge in [0.15, 0.2) is 0 Å². The number of rotatable bonds is 5. The standard InChI is InChI=1S/C19H32O/c1-14(2)7-5-11-19(4)12-6-8-16-17(13-20)15(3)9-10-18(16)19/h10,15-17,20H,1,5-9,11-13H2,2-4H3/t15-,16+,17+,19-/m1/s1. The molecule has 4 atom stereocenters.